The van der Waals surface area contributed by atoms with Crippen LogP contribution in [0.2, 0.25) is 0 Å². The lowest BCUT2D eigenvalue weighted by Gasteiger charge is -2.04. The van der Waals surface area contributed by atoms with Crippen molar-refractivity contribution < 1.29 is 4.74 Å². The van der Waals surface area contributed by atoms with E-state index in [1.165, 1.54) is 0 Å². The van der Waals surface area contributed by atoms with E-state index in [4.69, 9.17) is 4.74 Å². The zero-order valence-corrected chi connectivity index (χ0v) is 10.9. The molecule has 1 N–H and O–H groups in total. The molecule has 0 unspecified atom stereocenters. The zero-order chi connectivity index (χ0) is 12.3. The summed E-state index contributed by atoms with van der Waals surface area (Å²) in [6, 6.07) is 7.98. The van der Waals surface area contributed by atoms with E-state index in [9.17, 15) is 0 Å². The predicted molar refractivity (Wildman–Crippen MR) is 72.6 cm³/mol. The van der Waals surface area contributed by atoms with Crippen molar-refractivity contribution in [3.8, 4) is 17.0 Å². The van der Waals surface area contributed by atoms with Crippen molar-refractivity contribution in [2.24, 2.45) is 0 Å². The molecule has 0 saturated carbocycles. The Hall–Kier alpha value is -1.42. The van der Waals surface area contributed by atoms with Crippen molar-refractivity contribution in [2.75, 3.05) is 6.61 Å². The summed E-state index contributed by atoms with van der Waals surface area (Å²) in [5.41, 5.74) is 3.09. The van der Waals surface area contributed by atoms with Crippen LogP contribution in [0.15, 0.2) is 24.3 Å². The maximum atomic E-state index is 5.49. The summed E-state index contributed by atoms with van der Waals surface area (Å²) in [5.74, 6) is 2.38. The number of rotatable bonds is 4. The summed E-state index contributed by atoms with van der Waals surface area (Å²) in [5, 5.41) is 0. The van der Waals surface area contributed by atoms with Crippen molar-refractivity contribution >= 4 is 12.6 Å². The standard InChI is InChI=1S/C13H16N2OS/c1-3-16-11-6-4-5-10(7-11)13-9(2)14-12(8-17)15-13/h4-7,17H,3,8H2,1-2H3,(H,14,15). The number of ether oxygens (including phenoxy) is 1. The third-order valence-corrected chi connectivity index (χ3v) is 2.80. The Bertz CT molecular complexity index is 508. The number of aromatic nitrogens is 2. The van der Waals surface area contributed by atoms with Crippen LogP contribution in [0.4, 0.5) is 0 Å². The summed E-state index contributed by atoms with van der Waals surface area (Å²) < 4.78 is 5.49. The first kappa shape index (κ1) is 12.0. The normalized spacial score (nSPS) is 10.5. The monoisotopic (exact) mass is 248 g/mol. The predicted octanol–water partition coefficient (Wildman–Crippen LogP) is 3.21. The van der Waals surface area contributed by atoms with Gasteiger partial charge in [0.2, 0.25) is 0 Å². The summed E-state index contributed by atoms with van der Waals surface area (Å²) >= 11 is 4.22. The minimum Gasteiger partial charge on any atom is -0.494 e. The van der Waals surface area contributed by atoms with Crippen LogP contribution < -0.4 is 4.74 Å². The molecular weight excluding hydrogens is 232 g/mol. The number of imidazole rings is 1. The minimum atomic E-state index is 0.617. The largest absolute Gasteiger partial charge is 0.494 e. The quantitative estimate of drug-likeness (QED) is 0.815. The second-order valence-corrected chi connectivity index (χ2v) is 4.09. The Morgan fingerprint density at radius 3 is 2.88 bits per heavy atom. The van der Waals surface area contributed by atoms with Crippen LogP contribution in [0.25, 0.3) is 11.3 Å². The van der Waals surface area contributed by atoms with Crippen LogP contribution in [0.5, 0.6) is 5.75 Å². The highest BCUT2D eigenvalue weighted by Crippen LogP contribution is 2.25. The van der Waals surface area contributed by atoms with Gasteiger partial charge in [0.15, 0.2) is 0 Å². The van der Waals surface area contributed by atoms with Gasteiger partial charge in [0, 0.05) is 17.0 Å². The van der Waals surface area contributed by atoms with Gasteiger partial charge in [-0.3, -0.25) is 0 Å². The van der Waals surface area contributed by atoms with Crippen molar-refractivity contribution in [1.29, 1.82) is 0 Å². The molecule has 1 aromatic heterocycles. The van der Waals surface area contributed by atoms with E-state index in [-0.39, 0.29) is 0 Å². The Kier molecular flexibility index (Phi) is 3.74. The van der Waals surface area contributed by atoms with E-state index < -0.39 is 0 Å². The smallest absolute Gasteiger partial charge is 0.119 e. The molecule has 0 bridgehead atoms. The molecule has 0 saturated heterocycles. The molecule has 1 heterocycles. The number of thiol groups is 1. The summed E-state index contributed by atoms with van der Waals surface area (Å²) in [6.07, 6.45) is 0. The highest BCUT2D eigenvalue weighted by molar-refractivity contribution is 7.79. The van der Waals surface area contributed by atoms with Crippen molar-refractivity contribution in [3.05, 3.63) is 35.8 Å². The van der Waals surface area contributed by atoms with Crippen LogP contribution in [-0.2, 0) is 5.75 Å². The van der Waals surface area contributed by atoms with Gasteiger partial charge >= 0.3 is 0 Å². The van der Waals surface area contributed by atoms with Crippen LogP contribution in [0.1, 0.15) is 18.4 Å². The summed E-state index contributed by atoms with van der Waals surface area (Å²) in [6.45, 7) is 4.67. The molecule has 0 radical (unpaired) electrons. The van der Waals surface area contributed by atoms with Crippen molar-refractivity contribution in [3.63, 3.8) is 0 Å². The molecule has 0 spiro atoms. The Morgan fingerprint density at radius 2 is 2.24 bits per heavy atom. The second-order valence-electron chi connectivity index (χ2n) is 3.78. The third-order valence-electron chi connectivity index (χ3n) is 2.50. The molecule has 0 atom stereocenters. The lowest BCUT2D eigenvalue weighted by Crippen LogP contribution is -1.91. The van der Waals surface area contributed by atoms with E-state index >= 15 is 0 Å². The summed E-state index contributed by atoms with van der Waals surface area (Å²) in [7, 11) is 0. The average Bonchev–Trinajstić information content (AvgIpc) is 2.71. The number of aromatic amines is 1. The van der Waals surface area contributed by atoms with Gasteiger partial charge in [0.25, 0.3) is 0 Å². The molecule has 0 aliphatic carbocycles. The van der Waals surface area contributed by atoms with Gasteiger partial charge in [-0.25, -0.2) is 4.98 Å². The van der Waals surface area contributed by atoms with Gasteiger partial charge < -0.3 is 9.72 Å². The van der Waals surface area contributed by atoms with Crippen LogP contribution in [0, 0.1) is 6.92 Å². The van der Waals surface area contributed by atoms with Crippen LogP contribution in [-0.4, -0.2) is 16.6 Å². The molecule has 0 fully saturated rings. The van der Waals surface area contributed by atoms with Gasteiger partial charge in [0.1, 0.15) is 11.6 Å². The van der Waals surface area contributed by atoms with Gasteiger partial charge in [-0.15, -0.1) is 0 Å². The topological polar surface area (TPSA) is 37.9 Å². The van der Waals surface area contributed by atoms with E-state index in [0.29, 0.717) is 12.4 Å². The van der Waals surface area contributed by atoms with Gasteiger partial charge in [0.05, 0.1) is 12.3 Å². The number of aryl methyl sites for hydroxylation is 1. The molecule has 0 amide bonds. The van der Waals surface area contributed by atoms with Gasteiger partial charge in [-0.05, 0) is 26.0 Å². The first-order chi connectivity index (χ1) is 8.24. The number of hydrogen-bond acceptors (Lipinski definition) is 3. The number of benzene rings is 1. The van der Waals surface area contributed by atoms with E-state index in [1.54, 1.807) is 0 Å². The fourth-order valence-electron chi connectivity index (χ4n) is 1.78. The summed E-state index contributed by atoms with van der Waals surface area (Å²) in [4.78, 5) is 7.73. The Morgan fingerprint density at radius 1 is 1.41 bits per heavy atom. The fraction of sp³-hybridized carbons (Fsp3) is 0.308. The minimum absolute atomic E-state index is 0.617. The SMILES string of the molecule is CCOc1cccc(-c2nc(CS)[nH]c2C)c1. The molecule has 0 aliphatic heterocycles. The molecule has 1 aromatic carbocycles. The van der Waals surface area contributed by atoms with E-state index in [0.717, 1.165) is 28.5 Å². The number of nitrogens with one attached hydrogen (secondary N) is 1. The van der Waals surface area contributed by atoms with E-state index in [1.807, 2.05) is 38.1 Å². The fourth-order valence-corrected chi connectivity index (χ4v) is 1.93. The number of H-pyrrole nitrogens is 1. The Labute approximate surface area is 107 Å². The lowest BCUT2D eigenvalue weighted by atomic mass is 10.1. The van der Waals surface area contributed by atoms with Gasteiger partial charge in [-0.2, -0.15) is 12.6 Å². The number of hydrogen-bond donors (Lipinski definition) is 2. The highest BCUT2D eigenvalue weighted by Gasteiger charge is 2.08. The molecule has 2 aromatic rings. The Balaban J connectivity index is 2.37. The maximum Gasteiger partial charge on any atom is 0.119 e. The molecule has 90 valence electrons. The van der Waals surface area contributed by atoms with Crippen LogP contribution >= 0.6 is 12.6 Å². The first-order valence-electron chi connectivity index (χ1n) is 5.64. The molecule has 2 rings (SSSR count). The average molecular weight is 248 g/mol. The van der Waals surface area contributed by atoms with E-state index in [2.05, 4.69) is 22.6 Å². The van der Waals surface area contributed by atoms with Crippen LogP contribution in [0.3, 0.4) is 0 Å². The second kappa shape index (κ2) is 5.27. The number of nitrogens with zero attached hydrogens (tertiary/aromatic N) is 1. The first-order valence-corrected chi connectivity index (χ1v) is 6.27. The molecule has 3 nitrogen and oxygen atoms in total. The van der Waals surface area contributed by atoms with Crippen molar-refractivity contribution in [1.82, 2.24) is 9.97 Å². The third kappa shape index (κ3) is 2.64. The lowest BCUT2D eigenvalue weighted by molar-refractivity contribution is 0.340. The molecule has 17 heavy (non-hydrogen) atoms. The van der Waals surface area contributed by atoms with Crippen molar-refractivity contribution in [2.45, 2.75) is 19.6 Å². The molecular formula is C13H16N2OS. The maximum absolute atomic E-state index is 5.49. The molecule has 0 aliphatic rings. The highest BCUT2D eigenvalue weighted by atomic mass is 32.1. The van der Waals surface area contributed by atoms with Gasteiger partial charge in [-0.1, -0.05) is 12.1 Å². The zero-order valence-electron chi connectivity index (χ0n) is 10.0. The molecule has 4 heteroatoms.